The molecule has 1 amide bonds. The summed E-state index contributed by atoms with van der Waals surface area (Å²) < 4.78 is 14.8. The van der Waals surface area contributed by atoms with Crippen LogP contribution in [-0.2, 0) is 9.53 Å². The number of anilines is 1. The van der Waals surface area contributed by atoms with Crippen molar-refractivity contribution in [2.45, 2.75) is 20.0 Å². The van der Waals surface area contributed by atoms with Gasteiger partial charge < -0.3 is 24.4 Å². The standard InChI is InChI=1S/C15H15ClN2O6/c1-7-4-12(18-24-7)17-14(20)8(2)23-15(21)9-5-10(16)13(19)11(6-9)22-3/h4-6,8,19H,1-3H3,(H,17,18,20). The van der Waals surface area contributed by atoms with E-state index < -0.39 is 18.0 Å². The van der Waals surface area contributed by atoms with Gasteiger partial charge in [0.15, 0.2) is 23.4 Å². The fraction of sp³-hybridized carbons (Fsp3) is 0.267. The zero-order chi connectivity index (χ0) is 17.9. The SMILES string of the molecule is COc1cc(C(=O)OC(C)C(=O)Nc2cc(C)on2)cc(Cl)c1O. The van der Waals surface area contributed by atoms with Crippen LogP contribution in [0.3, 0.4) is 0 Å². The van der Waals surface area contributed by atoms with E-state index in [9.17, 15) is 14.7 Å². The third kappa shape index (κ3) is 3.96. The second kappa shape index (κ2) is 7.22. The Labute approximate surface area is 142 Å². The summed E-state index contributed by atoms with van der Waals surface area (Å²) in [7, 11) is 1.32. The first-order valence-electron chi connectivity index (χ1n) is 6.83. The van der Waals surface area contributed by atoms with Crippen molar-refractivity contribution in [1.82, 2.24) is 5.16 Å². The van der Waals surface area contributed by atoms with Crippen LogP contribution in [0.25, 0.3) is 0 Å². The molecule has 1 atom stereocenters. The number of rotatable bonds is 5. The van der Waals surface area contributed by atoms with E-state index in [0.717, 1.165) is 0 Å². The summed E-state index contributed by atoms with van der Waals surface area (Å²) in [4.78, 5) is 24.1. The van der Waals surface area contributed by atoms with Gasteiger partial charge in [-0.2, -0.15) is 0 Å². The Morgan fingerprint density at radius 1 is 1.38 bits per heavy atom. The molecule has 0 aliphatic carbocycles. The molecule has 0 aliphatic rings. The molecule has 24 heavy (non-hydrogen) atoms. The molecular weight excluding hydrogens is 340 g/mol. The summed E-state index contributed by atoms with van der Waals surface area (Å²) in [5.74, 6) is -0.897. The number of amides is 1. The number of benzene rings is 1. The van der Waals surface area contributed by atoms with Gasteiger partial charge in [0.1, 0.15) is 5.76 Å². The number of aromatic hydroxyl groups is 1. The number of aryl methyl sites for hydroxylation is 1. The number of ether oxygens (including phenoxy) is 2. The number of hydrogen-bond acceptors (Lipinski definition) is 7. The molecule has 0 saturated carbocycles. The van der Waals surface area contributed by atoms with Gasteiger partial charge >= 0.3 is 5.97 Å². The molecule has 1 aromatic heterocycles. The highest BCUT2D eigenvalue weighted by Gasteiger charge is 2.22. The largest absolute Gasteiger partial charge is 0.503 e. The minimum atomic E-state index is -1.09. The first-order chi connectivity index (χ1) is 11.3. The van der Waals surface area contributed by atoms with Crippen molar-refractivity contribution in [1.29, 1.82) is 0 Å². The second-order valence-electron chi connectivity index (χ2n) is 4.87. The van der Waals surface area contributed by atoms with E-state index in [1.807, 2.05) is 0 Å². The Morgan fingerprint density at radius 3 is 2.67 bits per heavy atom. The first-order valence-corrected chi connectivity index (χ1v) is 7.21. The number of halogens is 1. The van der Waals surface area contributed by atoms with Gasteiger partial charge in [-0.1, -0.05) is 16.8 Å². The minimum absolute atomic E-state index is 0.0182. The summed E-state index contributed by atoms with van der Waals surface area (Å²) >= 11 is 5.81. The molecule has 1 aromatic carbocycles. The van der Waals surface area contributed by atoms with Gasteiger partial charge in [-0.05, 0) is 26.0 Å². The third-order valence-corrected chi connectivity index (χ3v) is 3.30. The molecule has 0 spiro atoms. The molecule has 0 radical (unpaired) electrons. The van der Waals surface area contributed by atoms with Crippen LogP contribution in [0, 0.1) is 6.92 Å². The Kier molecular flexibility index (Phi) is 5.30. The number of nitrogens with zero attached hydrogens (tertiary/aromatic N) is 1. The lowest BCUT2D eigenvalue weighted by Crippen LogP contribution is -2.30. The summed E-state index contributed by atoms with van der Waals surface area (Å²) in [5.41, 5.74) is 0.0339. The lowest BCUT2D eigenvalue weighted by molar-refractivity contribution is -0.123. The number of carbonyl (C=O) groups is 2. The number of hydrogen-bond donors (Lipinski definition) is 2. The van der Waals surface area contributed by atoms with Crippen LogP contribution in [0.1, 0.15) is 23.0 Å². The van der Waals surface area contributed by atoms with Gasteiger partial charge in [-0.25, -0.2) is 4.79 Å². The van der Waals surface area contributed by atoms with Crippen molar-refractivity contribution in [3.05, 3.63) is 34.5 Å². The molecule has 1 unspecified atom stereocenters. The number of nitrogens with one attached hydrogen (secondary N) is 1. The number of phenolic OH excluding ortho intramolecular Hbond substituents is 1. The molecule has 0 fully saturated rings. The minimum Gasteiger partial charge on any atom is -0.503 e. The van der Waals surface area contributed by atoms with E-state index in [0.29, 0.717) is 5.76 Å². The van der Waals surface area contributed by atoms with E-state index in [2.05, 4.69) is 10.5 Å². The number of phenols is 1. The van der Waals surface area contributed by atoms with E-state index >= 15 is 0 Å². The van der Waals surface area contributed by atoms with Crippen LogP contribution in [0.5, 0.6) is 11.5 Å². The van der Waals surface area contributed by atoms with Gasteiger partial charge in [-0.15, -0.1) is 0 Å². The lowest BCUT2D eigenvalue weighted by Gasteiger charge is -2.13. The monoisotopic (exact) mass is 354 g/mol. The molecular formula is C15H15ClN2O6. The zero-order valence-corrected chi connectivity index (χ0v) is 13.9. The third-order valence-electron chi connectivity index (χ3n) is 3.02. The van der Waals surface area contributed by atoms with Gasteiger partial charge in [0.2, 0.25) is 0 Å². The van der Waals surface area contributed by atoms with E-state index in [4.69, 9.17) is 25.6 Å². The lowest BCUT2D eigenvalue weighted by atomic mass is 10.2. The van der Waals surface area contributed by atoms with Crippen molar-refractivity contribution >= 4 is 29.3 Å². The molecule has 2 aromatic rings. The number of carbonyl (C=O) groups excluding carboxylic acids is 2. The first kappa shape index (κ1) is 17.6. The Hall–Kier alpha value is -2.74. The molecule has 1 heterocycles. The maximum absolute atomic E-state index is 12.1. The van der Waals surface area contributed by atoms with Crippen molar-refractivity contribution in [2.24, 2.45) is 0 Å². The average Bonchev–Trinajstić information content (AvgIpc) is 2.94. The Bertz CT molecular complexity index is 773. The van der Waals surface area contributed by atoms with Crippen molar-refractivity contribution in [3.8, 4) is 11.5 Å². The summed E-state index contributed by atoms with van der Waals surface area (Å²) in [5, 5.41) is 15.6. The van der Waals surface area contributed by atoms with Gasteiger partial charge in [0.05, 0.1) is 17.7 Å². The summed E-state index contributed by atoms with van der Waals surface area (Å²) in [6.45, 7) is 3.08. The predicted octanol–water partition coefficient (Wildman–Crippen LogP) is 2.53. The molecule has 0 bridgehead atoms. The molecule has 128 valence electrons. The van der Waals surface area contributed by atoms with Crippen LogP contribution in [0.2, 0.25) is 5.02 Å². The number of aromatic nitrogens is 1. The van der Waals surface area contributed by atoms with Crippen LogP contribution < -0.4 is 10.1 Å². The normalized spacial score (nSPS) is 11.7. The molecule has 0 aliphatic heterocycles. The van der Waals surface area contributed by atoms with E-state index in [1.54, 1.807) is 6.92 Å². The van der Waals surface area contributed by atoms with Gasteiger partial charge in [0, 0.05) is 6.07 Å². The Balaban J connectivity index is 2.05. The quantitative estimate of drug-likeness (QED) is 0.793. The maximum Gasteiger partial charge on any atom is 0.339 e. The summed E-state index contributed by atoms with van der Waals surface area (Å²) in [6.07, 6.45) is -1.09. The fourth-order valence-corrected chi connectivity index (χ4v) is 1.99. The number of esters is 1. The van der Waals surface area contributed by atoms with E-state index in [1.165, 1.54) is 32.2 Å². The van der Waals surface area contributed by atoms with Crippen LogP contribution in [-0.4, -0.2) is 35.4 Å². The molecule has 2 N–H and O–H groups in total. The van der Waals surface area contributed by atoms with E-state index in [-0.39, 0.29) is 27.9 Å². The highest BCUT2D eigenvalue weighted by molar-refractivity contribution is 6.32. The smallest absolute Gasteiger partial charge is 0.339 e. The molecule has 8 nitrogen and oxygen atoms in total. The second-order valence-corrected chi connectivity index (χ2v) is 5.28. The fourth-order valence-electron chi connectivity index (χ4n) is 1.78. The molecule has 2 rings (SSSR count). The number of methoxy groups -OCH3 is 1. The molecule has 0 saturated heterocycles. The zero-order valence-electron chi connectivity index (χ0n) is 13.1. The topological polar surface area (TPSA) is 111 Å². The van der Waals surface area contributed by atoms with Crippen molar-refractivity contribution < 1.29 is 28.7 Å². The van der Waals surface area contributed by atoms with Crippen molar-refractivity contribution in [3.63, 3.8) is 0 Å². The van der Waals surface area contributed by atoms with Crippen LogP contribution in [0.4, 0.5) is 5.82 Å². The van der Waals surface area contributed by atoms with Gasteiger partial charge in [-0.3, -0.25) is 4.79 Å². The highest BCUT2D eigenvalue weighted by Crippen LogP contribution is 2.35. The maximum atomic E-state index is 12.1. The van der Waals surface area contributed by atoms with Gasteiger partial charge in [0.25, 0.3) is 5.91 Å². The average molecular weight is 355 g/mol. The van der Waals surface area contributed by atoms with Crippen LogP contribution in [0.15, 0.2) is 22.7 Å². The summed E-state index contributed by atoms with van der Waals surface area (Å²) in [6, 6.07) is 4.00. The predicted molar refractivity (Wildman–Crippen MR) is 84.4 cm³/mol. The Morgan fingerprint density at radius 2 is 2.08 bits per heavy atom. The highest BCUT2D eigenvalue weighted by atomic mass is 35.5. The van der Waals surface area contributed by atoms with Crippen molar-refractivity contribution in [2.75, 3.05) is 12.4 Å². The molecule has 9 heteroatoms. The van der Waals surface area contributed by atoms with Crippen LogP contribution >= 0.6 is 11.6 Å².